The van der Waals surface area contributed by atoms with E-state index >= 15 is 0 Å². The van der Waals surface area contributed by atoms with Crippen molar-refractivity contribution in [1.82, 2.24) is 4.90 Å². The van der Waals surface area contributed by atoms with Gasteiger partial charge in [-0.1, -0.05) is 58.3 Å². The number of imide groups is 1. The molecule has 0 saturated carbocycles. The summed E-state index contributed by atoms with van der Waals surface area (Å²) in [5.74, 6) is -2.15. The highest BCUT2D eigenvalue weighted by Crippen LogP contribution is 2.17. The monoisotopic (exact) mass is 295 g/mol. The lowest BCUT2D eigenvalue weighted by molar-refractivity contribution is -0.153. The summed E-state index contributed by atoms with van der Waals surface area (Å²) in [4.78, 5) is 35.1. The minimum atomic E-state index is -1.11. The highest BCUT2D eigenvalue weighted by Gasteiger charge is 2.35. The first-order chi connectivity index (χ1) is 10.1. The van der Waals surface area contributed by atoms with E-state index in [0.29, 0.717) is 6.42 Å². The molecule has 1 atom stereocenters. The number of nitrogens with zero attached hydrogens (tertiary/aromatic N) is 1. The van der Waals surface area contributed by atoms with Crippen LogP contribution in [0.1, 0.15) is 64.7 Å². The Kier molecular flexibility index (Phi) is 7.72. The molecule has 0 aromatic carbocycles. The average molecular weight is 295 g/mol. The molecule has 1 aliphatic rings. The first-order valence-electron chi connectivity index (χ1n) is 7.86. The van der Waals surface area contributed by atoms with Gasteiger partial charge in [-0.2, -0.15) is 0 Å². The van der Waals surface area contributed by atoms with Crippen LogP contribution in [0.4, 0.5) is 0 Å². The van der Waals surface area contributed by atoms with E-state index in [-0.39, 0.29) is 0 Å². The van der Waals surface area contributed by atoms with Crippen molar-refractivity contribution in [1.29, 1.82) is 0 Å². The normalized spacial score (nSPS) is 15.8. The standard InChI is InChI=1S/C16H25NO4/c1-2-3-4-5-6-7-8-9-10-13(16(20)21)17-14(18)11-12-15(17)19/h11-13H,2-10H2,1H3,(H,20,21). The van der Waals surface area contributed by atoms with Gasteiger partial charge in [0.05, 0.1) is 0 Å². The van der Waals surface area contributed by atoms with Gasteiger partial charge in [-0.05, 0) is 6.42 Å². The third-order valence-electron chi connectivity index (χ3n) is 3.77. The number of carboxylic acid groups (broad SMARTS) is 1. The maximum atomic E-state index is 11.5. The minimum absolute atomic E-state index is 0.337. The Morgan fingerprint density at radius 1 is 1.00 bits per heavy atom. The Balaban J connectivity index is 2.25. The van der Waals surface area contributed by atoms with Crippen molar-refractivity contribution in [3.05, 3.63) is 12.2 Å². The highest BCUT2D eigenvalue weighted by atomic mass is 16.4. The smallest absolute Gasteiger partial charge is 0.326 e. The van der Waals surface area contributed by atoms with E-state index in [9.17, 15) is 19.5 Å². The van der Waals surface area contributed by atoms with Gasteiger partial charge in [0.2, 0.25) is 0 Å². The largest absolute Gasteiger partial charge is 0.480 e. The molecule has 1 N–H and O–H groups in total. The number of hydrogen-bond donors (Lipinski definition) is 1. The zero-order valence-electron chi connectivity index (χ0n) is 12.7. The molecule has 0 aromatic rings. The van der Waals surface area contributed by atoms with Crippen LogP contribution >= 0.6 is 0 Å². The third-order valence-corrected chi connectivity index (χ3v) is 3.77. The quantitative estimate of drug-likeness (QED) is 0.470. The second kappa shape index (κ2) is 9.32. The minimum Gasteiger partial charge on any atom is -0.480 e. The van der Waals surface area contributed by atoms with Crippen LogP contribution in [0.25, 0.3) is 0 Å². The second-order valence-corrected chi connectivity index (χ2v) is 5.50. The number of carbonyl (C=O) groups is 3. The molecule has 1 aliphatic heterocycles. The Hall–Kier alpha value is -1.65. The van der Waals surface area contributed by atoms with Crippen LogP contribution in [-0.4, -0.2) is 33.8 Å². The van der Waals surface area contributed by atoms with Gasteiger partial charge in [-0.25, -0.2) is 4.79 Å². The van der Waals surface area contributed by atoms with Crippen molar-refractivity contribution in [2.24, 2.45) is 0 Å². The molecule has 1 unspecified atom stereocenters. The number of carboxylic acids is 1. The van der Waals surface area contributed by atoms with E-state index in [1.54, 1.807) is 0 Å². The van der Waals surface area contributed by atoms with E-state index in [2.05, 4.69) is 6.92 Å². The Bertz CT molecular complexity index is 385. The van der Waals surface area contributed by atoms with Gasteiger partial charge in [-0.3, -0.25) is 14.5 Å². The molecule has 0 bridgehead atoms. The Morgan fingerprint density at radius 2 is 1.48 bits per heavy atom. The van der Waals surface area contributed by atoms with E-state index < -0.39 is 23.8 Å². The Morgan fingerprint density at radius 3 is 1.95 bits per heavy atom. The van der Waals surface area contributed by atoms with Crippen LogP contribution in [0.2, 0.25) is 0 Å². The zero-order valence-corrected chi connectivity index (χ0v) is 12.7. The van der Waals surface area contributed by atoms with Crippen LogP contribution in [0.15, 0.2) is 12.2 Å². The van der Waals surface area contributed by atoms with Crippen LogP contribution in [0.5, 0.6) is 0 Å². The lowest BCUT2D eigenvalue weighted by atomic mass is 10.0. The number of aliphatic carboxylic acids is 1. The first kappa shape index (κ1) is 17.4. The summed E-state index contributed by atoms with van der Waals surface area (Å²) < 4.78 is 0. The van der Waals surface area contributed by atoms with Gasteiger partial charge in [0.15, 0.2) is 0 Å². The molecule has 1 rings (SSSR count). The molecular formula is C16H25NO4. The number of unbranched alkanes of at least 4 members (excludes halogenated alkanes) is 7. The summed E-state index contributed by atoms with van der Waals surface area (Å²) in [6.07, 6.45) is 11.5. The molecule has 5 nitrogen and oxygen atoms in total. The lowest BCUT2D eigenvalue weighted by Crippen LogP contribution is -2.44. The van der Waals surface area contributed by atoms with E-state index in [1.807, 2.05) is 0 Å². The predicted molar refractivity (Wildman–Crippen MR) is 79.6 cm³/mol. The molecule has 0 fully saturated rings. The highest BCUT2D eigenvalue weighted by molar-refractivity contribution is 6.14. The van der Waals surface area contributed by atoms with Gasteiger partial charge in [0.1, 0.15) is 6.04 Å². The summed E-state index contributed by atoms with van der Waals surface area (Å²) in [5, 5.41) is 9.20. The fourth-order valence-corrected chi connectivity index (χ4v) is 2.55. The van der Waals surface area contributed by atoms with Gasteiger partial charge in [-0.15, -0.1) is 0 Å². The summed E-state index contributed by atoms with van der Waals surface area (Å²) in [5.41, 5.74) is 0. The van der Waals surface area contributed by atoms with Gasteiger partial charge in [0.25, 0.3) is 11.8 Å². The second-order valence-electron chi connectivity index (χ2n) is 5.50. The van der Waals surface area contributed by atoms with E-state index in [0.717, 1.165) is 36.3 Å². The number of carbonyl (C=O) groups excluding carboxylic acids is 2. The lowest BCUT2D eigenvalue weighted by Gasteiger charge is -2.22. The van der Waals surface area contributed by atoms with E-state index in [1.165, 1.54) is 32.1 Å². The number of rotatable bonds is 11. The van der Waals surface area contributed by atoms with Gasteiger partial charge < -0.3 is 5.11 Å². The first-order valence-corrected chi connectivity index (χ1v) is 7.86. The molecule has 2 amide bonds. The SMILES string of the molecule is CCCCCCCCCCC(C(=O)O)N1C(=O)C=CC1=O. The molecule has 21 heavy (non-hydrogen) atoms. The third kappa shape index (κ3) is 5.69. The van der Waals surface area contributed by atoms with E-state index in [4.69, 9.17) is 0 Å². The van der Waals surface area contributed by atoms with Crippen molar-refractivity contribution < 1.29 is 19.5 Å². The molecule has 0 radical (unpaired) electrons. The summed E-state index contributed by atoms with van der Waals surface area (Å²) >= 11 is 0. The summed E-state index contributed by atoms with van der Waals surface area (Å²) in [6, 6.07) is -1.03. The van der Waals surface area contributed by atoms with Crippen LogP contribution in [-0.2, 0) is 14.4 Å². The maximum absolute atomic E-state index is 11.5. The number of hydrogen-bond acceptors (Lipinski definition) is 3. The zero-order chi connectivity index (χ0) is 15.7. The Labute approximate surface area is 126 Å². The fourth-order valence-electron chi connectivity index (χ4n) is 2.55. The average Bonchev–Trinajstić information content (AvgIpc) is 2.77. The molecule has 118 valence electrons. The van der Waals surface area contributed by atoms with Gasteiger partial charge >= 0.3 is 5.97 Å². The molecule has 0 spiro atoms. The van der Waals surface area contributed by atoms with Crippen molar-refractivity contribution in [3.8, 4) is 0 Å². The topological polar surface area (TPSA) is 74.7 Å². The maximum Gasteiger partial charge on any atom is 0.326 e. The summed E-state index contributed by atoms with van der Waals surface area (Å²) in [7, 11) is 0. The molecule has 0 saturated heterocycles. The molecule has 0 aromatic heterocycles. The van der Waals surface area contributed by atoms with Gasteiger partial charge in [0, 0.05) is 12.2 Å². The number of amides is 2. The summed E-state index contributed by atoms with van der Waals surface area (Å²) in [6.45, 7) is 2.18. The van der Waals surface area contributed by atoms with Crippen molar-refractivity contribution in [2.75, 3.05) is 0 Å². The van der Waals surface area contributed by atoms with Crippen LogP contribution < -0.4 is 0 Å². The molecule has 5 heteroatoms. The van der Waals surface area contributed by atoms with Crippen molar-refractivity contribution in [2.45, 2.75) is 70.8 Å². The van der Waals surface area contributed by atoms with Crippen LogP contribution in [0.3, 0.4) is 0 Å². The molecular weight excluding hydrogens is 270 g/mol. The predicted octanol–water partition coefficient (Wildman–Crippen LogP) is 2.90. The van der Waals surface area contributed by atoms with Crippen LogP contribution in [0, 0.1) is 0 Å². The molecule has 1 heterocycles. The van der Waals surface area contributed by atoms with Crippen molar-refractivity contribution >= 4 is 17.8 Å². The van der Waals surface area contributed by atoms with Crippen molar-refractivity contribution in [3.63, 3.8) is 0 Å². The fraction of sp³-hybridized carbons (Fsp3) is 0.688. The molecule has 0 aliphatic carbocycles.